The van der Waals surface area contributed by atoms with Crippen LogP contribution in [0.15, 0.2) is 0 Å². The molecule has 0 atom stereocenters. The number of hydrazine groups is 1. The lowest BCUT2D eigenvalue weighted by Gasteiger charge is -2.37. The summed E-state index contributed by atoms with van der Waals surface area (Å²) in [5.41, 5.74) is -0.457. The molecule has 1 fully saturated rings. The van der Waals surface area contributed by atoms with Crippen molar-refractivity contribution in [1.82, 2.24) is 14.8 Å². The van der Waals surface area contributed by atoms with Gasteiger partial charge in [-0.1, -0.05) is 0 Å². The first-order valence-electron chi connectivity index (χ1n) is 5.96. The summed E-state index contributed by atoms with van der Waals surface area (Å²) < 4.78 is 5.32. The lowest BCUT2D eigenvalue weighted by molar-refractivity contribution is 0.0183. The van der Waals surface area contributed by atoms with Gasteiger partial charge < -0.3 is 14.5 Å². The van der Waals surface area contributed by atoms with Crippen LogP contribution >= 0.6 is 12.2 Å². The largest absolute Gasteiger partial charge is 0.444 e. The normalized spacial score (nSPS) is 16.5. The van der Waals surface area contributed by atoms with Crippen LogP contribution in [0.25, 0.3) is 0 Å². The van der Waals surface area contributed by atoms with Crippen molar-refractivity contribution in [2.45, 2.75) is 26.4 Å². The third-order valence-electron chi connectivity index (χ3n) is 2.50. The highest BCUT2D eigenvalue weighted by molar-refractivity contribution is 7.80. The number of carbonyl (C=O) groups is 1. The predicted molar refractivity (Wildman–Crippen MR) is 73.9 cm³/mol. The van der Waals surface area contributed by atoms with Crippen LogP contribution in [-0.2, 0) is 4.74 Å². The van der Waals surface area contributed by atoms with Crippen LogP contribution in [0.2, 0.25) is 0 Å². The van der Waals surface area contributed by atoms with Crippen LogP contribution in [0.3, 0.4) is 0 Å². The molecule has 0 radical (unpaired) electrons. The molecule has 1 rings (SSSR count). The molecule has 104 valence electrons. The molecule has 18 heavy (non-hydrogen) atoms. The third kappa shape index (κ3) is 4.30. The summed E-state index contributed by atoms with van der Waals surface area (Å²) in [7, 11) is 1.71. The maximum absolute atomic E-state index is 11.8. The standard InChI is InChI=1S/C11H22N4O2S/c1-11(2,3)17-10(16)15-7-5-14(6-8-15)9(18)13(4)12/h5-8,12H2,1-4H3. The van der Waals surface area contributed by atoms with Gasteiger partial charge in [0, 0.05) is 33.2 Å². The quantitative estimate of drug-likeness (QED) is 0.397. The topological polar surface area (TPSA) is 62.0 Å². The smallest absolute Gasteiger partial charge is 0.410 e. The molecule has 7 heteroatoms. The van der Waals surface area contributed by atoms with Gasteiger partial charge in [0.2, 0.25) is 0 Å². The van der Waals surface area contributed by atoms with E-state index in [4.69, 9.17) is 22.8 Å². The number of hydrogen-bond donors (Lipinski definition) is 1. The van der Waals surface area contributed by atoms with E-state index in [9.17, 15) is 4.79 Å². The summed E-state index contributed by atoms with van der Waals surface area (Å²) in [6.45, 7) is 8.14. The van der Waals surface area contributed by atoms with E-state index in [0.29, 0.717) is 31.3 Å². The molecular formula is C11H22N4O2S. The lowest BCUT2D eigenvalue weighted by Crippen LogP contribution is -2.55. The summed E-state index contributed by atoms with van der Waals surface area (Å²) in [4.78, 5) is 15.5. The molecule has 2 N–H and O–H groups in total. The Hall–Kier alpha value is -1.08. The molecule has 1 aliphatic heterocycles. The Morgan fingerprint density at radius 2 is 1.67 bits per heavy atom. The van der Waals surface area contributed by atoms with Gasteiger partial charge in [-0.2, -0.15) is 0 Å². The number of thiocarbonyl (C=S) groups is 1. The highest BCUT2D eigenvalue weighted by atomic mass is 32.1. The fourth-order valence-electron chi connectivity index (χ4n) is 1.63. The minimum absolute atomic E-state index is 0.269. The fraction of sp³-hybridized carbons (Fsp3) is 0.818. The molecule has 0 aliphatic carbocycles. The molecule has 0 unspecified atom stereocenters. The Morgan fingerprint density at radius 1 is 1.22 bits per heavy atom. The number of rotatable bonds is 0. The Balaban J connectivity index is 2.44. The number of piperazine rings is 1. The van der Waals surface area contributed by atoms with Crippen LogP contribution in [0.1, 0.15) is 20.8 Å². The zero-order chi connectivity index (χ0) is 13.9. The van der Waals surface area contributed by atoms with Crippen molar-refractivity contribution in [3.05, 3.63) is 0 Å². The van der Waals surface area contributed by atoms with Gasteiger partial charge >= 0.3 is 6.09 Å². The Labute approximate surface area is 114 Å². The first-order chi connectivity index (χ1) is 8.20. The van der Waals surface area contributed by atoms with Crippen LogP contribution < -0.4 is 5.84 Å². The molecule has 0 aromatic heterocycles. The molecule has 0 saturated carbocycles. The minimum Gasteiger partial charge on any atom is -0.444 e. The molecule has 1 amide bonds. The number of nitrogens with zero attached hydrogens (tertiary/aromatic N) is 3. The molecule has 0 aromatic carbocycles. The maximum Gasteiger partial charge on any atom is 0.410 e. The van der Waals surface area contributed by atoms with Crippen LogP contribution in [0.4, 0.5) is 4.79 Å². The number of ether oxygens (including phenoxy) is 1. The van der Waals surface area contributed by atoms with Crippen molar-refractivity contribution in [1.29, 1.82) is 0 Å². The van der Waals surface area contributed by atoms with E-state index >= 15 is 0 Å². The van der Waals surface area contributed by atoms with Gasteiger partial charge in [0.05, 0.1) is 0 Å². The summed E-state index contributed by atoms with van der Waals surface area (Å²) in [5.74, 6) is 5.59. The van der Waals surface area contributed by atoms with Gasteiger partial charge in [0.15, 0.2) is 5.11 Å². The number of hydrogen-bond acceptors (Lipinski definition) is 4. The van der Waals surface area contributed by atoms with Crippen molar-refractivity contribution >= 4 is 23.4 Å². The Morgan fingerprint density at radius 3 is 2.06 bits per heavy atom. The summed E-state index contributed by atoms with van der Waals surface area (Å²) in [5, 5.41) is 2.01. The van der Waals surface area contributed by atoms with Gasteiger partial charge in [-0.25, -0.2) is 10.6 Å². The van der Waals surface area contributed by atoms with E-state index in [1.165, 1.54) is 5.01 Å². The fourth-order valence-corrected chi connectivity index (χ4v) is 1.81. The monoisotopic (exact) mass is 274 g/mol. The third-order valence-corrected chi connectivity index (χ3v) is 3.05. The van der Waals surface area contributed by atoms with Gasteiger partial charge in [-0.15, -0.1) is 0 Å². The van der Waals surface area contributed by atoms with E-state index in [0.717, 1.165) is 0 Å². The van der Waals surface area contributed by atoms with Crippen molar-refractivity contribution in [3.8, 4) is 0 Å². The van der Waals surface area contributed by atoms with E-state index in [2.05, 4.69) is 0 Å². The zero-order valence-corrected chi connectivity index (χ0v) is 12.3. The summed E-state index contributed by atoms with van der Waals surface area (Å²) in [6, 6.07) is 0. The van der Waals surface area contributed by atoms with Crippen molar-refractivity contribution in [2.24, 2.45) is 5.84 Å². The highest BCUT2D eigenvalue weighted by Gasteiger charge is 2.26. The van der Waals surface area contributed by atoms with E-state index in [-0.39, 0.29) is 6.09 Å². The number of nitrogens with two attached hydrogens (primary N) is 1. The second-order valence-corrected chi connectivity index (χ2v) is 5.71. The van der Waals surface area contributed by atoms with Gasteiger partial charge in [-0.05, 0) is 33.0 Å². The van der Waals surface area contributed by atoms with E-state index < -0.39 is 5.60 Å². The molecule has 1 aliphatic rings. The SMILES string of the molecule is CN(N)C(=S)N1CCN(C(=O)OC(C)(C)C)CC1. The predicted octanol–water partition coefficient (Wildman–Crippen LogP) is 0.629. The minimum atomic E-state index is -0.457. The molecule has 0 spiro atoms. The van der Waals surface area contributed by atoms with Gasteiger partial charge in [0.1, 0.15) is 5.60 Å². The molecule has 6 nitrogen and oxygen atoms in total. The molecule has 1 saturated heterocycles. The average molecular weight is 274 g/mol. The van der Waals surface area contributed by atoms with E-state index in [1.807, 2.05) is 25.7 Å². The van der Waals surface area contributed by atoms with Crippen LogP contribution in [0, 0.1) is 0 Å². The lowest BCUT2D eigenvalue weighted by atomic mass is 10.2. The molecule has 0 aromatic rings. The van der Waals surface area contributed by atoms with Crippen LogP contribution in [0.5, 0.6) is 0 Å². The summed E-state index contributed by atoms with van der Waals surface area (Å²) in [6.07, 6.45) is -0.269. The van der Waals surface area contributed by atoms with E-state index in [1.54, 1.807) is 11.9 Å². The zero-order valence-electron chi connectivity index (χ0n) is 11.5. The number of amides is 1. The number of carbonyl (C=O) groups excluding carboxylic acids is 1. The molecule has 1 heterocycles. The first-order valence-corrected chi connectivity index (χ1v) is 6.37. The second kappa shape index (κ2) is 5.71. The van der Waals surface area contributed by atoms with Crippen molar-refractivity contribution in [3.63, 3.8) is 0 Å². The Kier molecular flexibility index (Phi) is 4.75. The van der Waals surface area contributed by atoms with Gasteiger partial charge in [-0.3, -0.25) is 5.01 Å². The average Bonchev–Trinajstić information content (AvgIpc) is 2.26. The summed E-state index contributed by atoms with van der Waals surface area (Å²) >= 11 is 5.18. The van der Waals surface area contributed by atoms with Gasteiger partial charge in [0.25, 0.3) is 0 Å². The van der Waals surface area contributed by atoms with Crippen LogP contribution in [-0.4, -0.2) is 64.8 Å². The Bertz CT molecular complexity index is 319. The van der Waals surface area contributed by atoms with Crippen molar-refractivity contribution < 1.29 is 9.53 Å². The first kappa shape index (κ1) is 15.0. The van der Waals surface area contributed by atoms with Crippen molar-refractivity contribution in [2.75, 3.05) is 33.2 Å². The molecule has 0 bridgehead atoms. The second-order valence-electron chi connectivity index (χ2n) is 5.35. The maximum atomic E-state index is 11.8. The molecular weight excluding hydrogens is 252 g/mol. The highest BCUT2D eigenvalue weighted by Crippen LogP contribution is 2.12.